The Hall–Kier alpha value is -2.41. The molecule has 0 bridgehead atoms. The van der Waals surface area contributed by atoms with Crippen LogP contribution in [0.3, 0.4) is 0 Å². The largest absolute Gasteiger partial charge is 0.350 e. The van der Waals surface area contributed by atoms with Crippen LogP contribution < -0.4 is 5.32 Å². The van der Waals surface area contributed by atoms with Gasteiger partial charge in [0.1, 0.15) is 18.4 Å². The molecule has 110 valence electrons. The quantitative estimate of drug-likeness (QED) is 0.678. The molecule has 1 N–H and O–H groups in total. The van der Waals surface area contributed by atoms with Crippen LogP contribution in [0.25, 0.3) is 0 Å². The predicted octanol–water partition coefficient (Wildman–Crippen LogP) is 2.32. The Morgan fingerprint density at radius 2 is 2.14 bits per heavy atom. The topological polar surface area (TPSA) is 90.1 Å². The number of carbonyl (C=O) groups is 1. The fourth-order valence-electron chi connectivity index (χ4n) is 1.69. The standard InChI is InChI=1S/C13H13ClN4O3/c1-9(17-8-12(7-16-17)18(20)21)13(19)15-6-10-2-4-11(14)5-3-10/h2-5,7-9H,6H2,1H3,(H,15,19). The summed E-state index contributed by atoms with van der Waals surface area (Å²) in [7, 11) is 0. The van der Waals surface area contributed by atoms with Gasteiger partial charge in [-0.05, 0) is 24.6 Å². The molecule has 8 heteroatoms. The maximum absolute atomic E-state index is 12.0. The second-order valence-electron chi connectivity index (χ2n) is 4.46. The Morgan fingerprint density at radius 1 is 1.48 bits per heavy atom. The van der Waals surface area contributed by atoms with Gasteiger partial charge in [0, 0.05) is 11.6 Å². The van der Waals surface area contributed by atoms with Crippen LogP contribution >= 0.6 is 11.6 Å². The molecule has 0 saturated heterocycles. The Bertz CT molecular complexity index is 654. The number of rotatable bonds is 5. The molecule has 1 aromatic heterocycles. The van der Waals surface area contributed by atoms with E-state index >= 15 is 0 Å². The number of amides is 1. The van der Waals surface area contributed by atoms with Gasteiger partial charge in [-0.1, -0.05) is 23.7 Å². The van der Waals surface area contributed by atoms with Crippen molar-refractivity contribution in [3.63, 3.8) is 0 Å². The van der Waals surface area contributed by atoms with Gasteiger partial charge in [-0.15, -0.1) is 0 Å². The summed E-state index contributed by atoms with van der Waals surface area (Å²) in [5, 5.41) is 17.8. The van der Waals surface area contributed by atoms with Crippen LogP contribution in [0.15, 0.2) is 36.7 Å². The number of carbonyl (C=O) groups excluding carboxylic acids is 1. The summed E-state index contributed by atoms with van der Waals surface area (Å²) < 4.78 is 1.26. The zero-order valence-electron chi connectivity index (χ0n) is 11.2. The van der Waals surface area contributed by atoms with Crippen molar-refractivity contribution in [1.82, 2.24) is 15.1 Å². The van der Waals surface area contributed by atoms with E-state index in [0.717, 1.165) is 11.8 Å². The first-order valence-electron chi connectivity index (χ1n) is 6.18. The van der Waals surface area contributed by atoms with E-state index in [9.17, 15) is 14.9 Å². The first-order valence-corrected chi connectivity index (χ1v) is 6.56. The van der Waals surface area contributed by atoms with E-state index in [1.807, 2.05) is 12.1 Å². The summed E-state index contributed by atoms with van der Waals surface area (Å²) in [6, 6.07) is 6.47. The number of hydrogen-bond acceptors (Lipinski definition) is 4. The zero-order valence-corrected chi connectivity index (χ0v) is 11.9. The summed E-state index contributed by atoms with van der Waals surface area (Å²) >= 11 is 5.78. The van der Waals surface area contributed by atoms with Gasteiger partial charge >= 0.3 is 5.69 Å². The fourth-order valence-corrected chi connectivity index (χ4v) is 1.82. The second kappa shape index (κ2) is 6.36. The summed E-state index contributed by atoms with van der Waals surface area (Å²) in [6.45, 7) is 1.97. The minimum Gasteiger partial charge on any atom is -0.350 e. The molecule has 0 aliphatic carbocycles. The summed E-state index contributed by atoms with van der Waals surface area (Å²) in [5.41, 5.74) is 0.763. The van der Waals surface area contributed by atoms with Crippen LogP contribution in [0.4, 0.5) is 5.69 Å². The van der Waals surface area contributed by atoms with Crippen LogP contribution in [0.2, 0.25) is 5.02 Å². The molecule has 0 spiro atoms. The molecule has 21 heavy (non-hydrogen) atoms. The van der Waals surface area contributed by atoms with Crippen molar-refractivity contribution < 1.29 is 9.72 Å². The summed E-state index contributed by atoms with van der Waals surface area (Å²) in [6.07, 6.45) is 2.34. The van der Waals surface area contributed by atoms with E-state index in [-0.39, 0.29) is 11.6 Å². The van der Waals surface area contributed by atoms with Gasteiger partial charge in [-0.25, -0.2) is 0 Å². The molecule has 1 atom stereocenters. The maximum Gasteiger partial charge on any atom is 0.307 e. The van der Waals surface area contributed by atoms with Crippen LogP contribution in [0.1, 0.15) is 18.5 Å². The normalized spacial score (nSPS) is 11.9. The van der Waals surface area contributed by atoms with Crippen LogP contribution in [-0.4, -0.2) is 20.6 Å². The summed E-state index contributed by atoms with van der Waals surface area (Å²) in [5.74, 6) is -0.275. The number of hydrogen-bond donors (Lipinski definition) is 1. The van der Waals surface area contributed by atoms with Gasteiger partial charge in [0.2, 0.25) is 5.91 Å². The predicted molar refractivity (Wildman–Crippen MR) is 76.9 cm³/mol. The smallest absolute Gasteiger partial charge is 0.307 e. The third-order valence-corrected chi connectivity index (χ3v) is 3.21. The minimum absolute atomic E-state index is 0.146. The van der Waals surface area contributed by atoms with Crippen molar-refractivity contribution in [2.24, 2.45) is 0 Å². The lowest BCUT2D eigenvalue weighted by Crippen LogP contribution is -2.30. The molecule has 0 fully saturated rings. The Morgan fingerprint density at radius 3 is 2.71 bits per heavy atom. The Kier molecular flexibility index (Phi) is 4.54. The summed E-state index contributed by atoms with van der Waals surface area (Å²) in [4.78, 5) is 22.0. The van der Waals surface area contributed by atoms with E-state index in [1.54, 1.807) is 19.1 Å². The number of nitrogens with one attached hydrogen (secondary N) is 1. The van der Waals surface area contributed by atoms with Gasteiger partial charge in [-0.2, -0.15) is 5.10 Å². The van der Waals surface area contributed by atoms with Crippen LogP contribution in [0, 0.1) is 10.1 Å². The van der Waals surface area contributed by atoms with Crippen molar-refractivity contribution in [3.8, 4) is 0 Å². The van der Waals surface area contributed by atoms with Crippen LogP contribution in [-0.2, 0) is 11.3 Å². The molecule has 1 heterocycles. The number of nitro groups is 1. The lowest BCUT2D eigenvalue weighted by molar-refractivity contribution is -0.385. The minimum atomic E-state index is -0.633. The first kappa shape index (κ1) is 15.0. The van der Waals surface area contributed by atoms with Crippen molar-refractivity contribution in [1.29, 1.82) is 0 Å². The molecule has 1 aromatic carbocycles. The molecule has 0 radical (unpaired) electrons. The number of halogens is 1. The molecular weight excluding hydrogens is 296 g/mol. The fraction of sp³-hybridized carbons (Fsp3) is 0.231. The first-order chi connectivity index (χ1) is 9.97. The van der Waals surface area contributed by atoms with Gasteiger partial charge in [0.05, 0.1) is 4.92 Å². The Labute approximate surface area is 125 Å². The lowest BCUT2D eigenvalue weighted by atomic mass is 10.2. The van der Waals surface area contributed by atoms with Crippen molar-refractivity contribution in [2.75, 3.05) is 0 Å². The van der Waals surface area contributed by atoms with E-state index < -0.39 is 11.0 Å². The molecule has 1 amide bonds. The Balaban J connectivity index is 1.95. The average molecular weight is 309 g/mol. The molecule has 7 nitrogen and oxygen atoms in total. The van der Waals surface area contributed by atoms with Crippen molar-refractivity contribution in [3.05, 3.63) is 57.4 Å². The van der Waals surface area contributed by atoms with Crippen molar-refractivity contribution in [2.45, 2.75) is 19.5 Å². The van der Waals surface area contributed by atoms with Gasteiger partial charge in [-0.3, -0.25) is 19.6 Å². The zero-order chi connectivity index (χ0) is 15.4. The second-order valence-corrected chi connectivity index (χ2v) is 4.89. The van der Waals surface area contributed by atoms with E-state index in [4.69, 9.17) is 11.6 Å². The molecule has 0 aliphatic rings. The number of nitrogens with zero attached hydrogens (tertiary/aromatic N) is 3. The van der Waals surface area contributed by atoms with Crippen molar-refractivity contribution >= 4 is 23.2 Å². The highest BCUT2D eigenvalue weighted by molar-refractivity contribution is 6.30. The third kappa shape index (κ3) is 3.79. The maximum atomic E-state index is 12.0. The highest BCUT2D eigenvalue weighted by Gasteiger charge is 2.18. The van der Waals surface area contributed by atoms with E-state index in [2.05, 4.69) is 10.4 Å². The average Bonchev–Trinajstić information content (AvgIpc) is 2.95. The molecule has 1 unspecified atom stereocenters. The molecule has 2 rings (SSSR count). The monoisotopic (exact) mass is 308 g/mol. The molecular formula is C13H13ClN4O3. The van der Waals surface area contributed by atoms with E-state index in [0.29, 0.717) is 11.6 Å². The highest BCUT2D eigenvalue weighted by Crippen LogP contribution is 2.13. The number of aromatic nitrogens is 2. The van der Waals surface area contributed by atoms with Gasteiger partial charge < -0.3 is 5.32 Å². The third-order valence-electron chi connectivity index (χ3n) is 2.95. The highest BCUT2D eigenvalue weighted by atomic mass is 35.5. The molecule has 0 saturated carbocycles. The number of benzene rings is 1. The lowest BCUT2D eigenvalue weighted by Gasteiger charge is -2.12. The van der Waals surface area contributed by atoms with Gasteiger partial charge in [0.15, 0.2) is 0 Å². The molecule has 2 aromatic rings. The SMILES string of the molecule is CC(C(=O)NCc1ccc(Cl)cc1)n1cc([N+](=O)[O-])cn1. The van der Waals surface area contributed by atoms with E-state index in [1.165, 1.54) is 10.9 Å². The van der Waals surface area contributed by atoms with Crippen LogP contribution in [0.5, 0.6) is 0 Å². The molecule has 0 aliphatic heterocycles. The van der Waals surface area contributed by atoms with Gasteiger partial charge in [0.25, 0.3) is 0 Å².